The first-order valence-corrected chi connectivity index (χ1v) is 12.8. The van der Waals surface area contributed by atoms with Crippen molar-refractivity contribution in [1.82, 2.24) is 10.6 Å². The second-order valence-electron chi connectivity index (χ2n) is 9.29. The molecule has 0 fully saturated rings. The van der Waals surface area contributed by atoms with Crippen LogP contribution in [0.4, 0.5) is 0 Å². The summed E-state index contributed by atoms with van der Waals surface area (Å²) >= 11 is 0. The van der Waals surface area contributed by atoms with Crippen LogP contribution in [-0.4, -0.2) is 41.5 Å². The van der Waals surface area contributed by atoms with E-state index < -0.39 is 30.0 Å². The maximum atomic E-state index is 13.0. The van der Waals surface area contributed by atoms with Crippen LogP contribution in [0.5, 0.6) is 0 Å². The fourth-order valence-electron chi connectivity index (χ4n) is 4.20. The number of rotatable bonds is 14. The maximum Gasteiger partial charge on any atom is 0.326 e. The molecule has 0 spiro atoms. The minimum absolute atomic E-state index is 0.134. The third kappa shape index (κ3) is 8.83. The molecule has 8 nitrogen and oxygen atoms in total. The van der Waals surface area contributed by atoms with E-state index in [0.29, 0.717) is 13.0 Å². The van der Waals surface area contributed by atoms with Crippen molar-refractivity contribution in [3.63, 3.8) is 0 Å². The lowest BCUT2D eigenvalue weighted by atomic mass is 9.98. The Kier molecular flexibility index (Phi) is 11.0. The summed E-state index contributed by atoms with van der Waals surface area (Å²) in [6.45, 7) is 0.526. The summed E-state index contributed by atoms with van der Waals surface area (Å²) in [6, 6.07) is 24.0. The summed E-state index contributed by atoms with van der Waals surface area (Å²) in [6.07, 6.45) is 1.99. The molecule has 2 amide bonds. The van der Waals surface area contributed by atoms with E-state index in [9.17, 15) is 19.5 Å². The fourth-order valence-corrected chi connectivity index (χ4v) is 4.20. The van der Waals surface area contributed by atoms with Crippen molar-refractivity contribution in [3.8, 4) is 11.1 Å². The highest BCUT2D eigenvalue weighted by atomic mass is 16.4. The van der Waals surface area contributed by atoms with E-state index in [4.69, 9.17) is 11.5 Å². The normalized spacial score (nSPS) is 13.2. The van der Waals surface area contributed by atoms with Crippen molar-refractivity contribution in [2.24, 2.45) is 11.5 Å². The molecule has 3 rings (SSSR count). The van der Waals surface area contributed by atoms with Crippen LogP contribution in [0.3, 0.4) is 0 Å². The first-order chi connectivity index (χ1) is 18.4. The smallest absolute Gasteiger partial charge is 0.326 e. The highest BCUT2D eigenvalue weighted by Crippen LogP contribution is 2.24. The van der Waals surface area contributed by atoms with Crippen molar-refractivity contribution in [2.75, 3.05) is 6.54 Å². The molecule has 3 atom stereocenters. The van der Waals surface area contributed by atoms with Gasteiger partial charge in [-0.15, -0.1) is 0 Å². The molecule has 0 bridgehead atoms. The van der Waals surface area contributed by atoms with Gasteiger partial charge in [0, 0.05) is 6.42 Å². The Balaban J connectivity index is 1.75. The summed E-state index contributed by atoms with van der Waals surface area (Å²) < 4.78 is 0. The van der Waals surface area contributed by atoms with E-state index in [1.54, 1.807) is 0 Å². The molecule has 38 heavy (non-hydrogen) atoms. The Morgan fingerprint density at radius 2 is 1.39 bits per heavy atom. The minimum Gasteiger partial charge on any atom is -0.480 e. The number of hydrogen-bond acceptors (Lipinski definition) is 5. The first kappa shape index (κ1) is 28.6. The van der Waals surface area contributed by atoms with Gasteiger partial charge in [-0.25, -0.2) is 4.79 Å². The number of hydrogen-bond donors (Lipinski definition) is 5. The number of nitrogens with two attached hydrogens (primary N) is 2. The van der Waals surface area contributed by atoms with Crippen LogP contribution in [0.2, 0.25) is 0 Å². The third-order valence-electron chi connectivity index (χ3n) is 6.35. The fraction of sp³-hybridized carbons (Fsp3) is 0.300. The molecular weight excluding hydrogens is 480 g/mol. The molecule has 3 aromatic rings. The van der Waals surface area contributed by atoms with Gasteiger partial charge in [0.2, 0.25) is 11.8 Å². The van der Waals surface area contributed by atoms with Gasteiger partial charge in [-0.05, 0) is 41.6 Å². The summed E-state index contributed by atoms with van der Waals surface area (Å²) in [5, 5.41) is 15.2. The van der Waals surface area contributed by atoms with Crippen molar-refractivity contribution in [2.45, 2.75) is 50.2 Å². The van der Waals surface area contributed by atoms with Gasteiger partial charge in [-0.2, -0.15) is 0 Å². The van der Waals surface area contributed by atoms with Crippen LogP contribution in [0.15, 0.2) is 84.9 Å². The monoisotopic (exact) mass is 516 g/mol. The van der Waals surface area contributed by atoms with Gasteiger partial charge in [-0.1, -0.05) is 91.3 Å². The van der Waals surface area contributed by atoms with Crippen LogP contribution in [-0.2, 0) is 20.8 Å². The van der Waals surface area contributed by atoms with Crippen LogP contribution < -0.4 is 22.1 Å². The highest BCUT2D eigenvalue weighted by Gasteiger charge is 2.25. The Bertz CT molecular complexity index is 1170. The molecule has 0 aliphatic rings. The number of benzene rings is 3. The molecule has 0 aliphatic carbocycles. The van der Waals surface area contributed by atoms with E-state index in [1.807, 2.05) is 84.9 Å². The van der Waals surface area contributed by atoms with Gasteiger partial charge < -0.3 is 27.2 Å². The van der Waals surface area contributed by atoms with E-state index in [2.05, 4.69) is 10.6 Å². The summed E-state index contributed by atoms with van der Waals surface area (Å²) in [4.78, 5) is 37.7. The minimum atomic E-state index is -1.13. The number of carbonyl (C=O) groups is 3. The van der Waals surface area contributed by atoms with Gasteiger partial charge in [-0.3, -0.25) is 9.59 Å². The van der Waals surface area contributed by atoms with E-state index in [-0.39, 0.29) is 18.7 Å². The molecule has 0 radical (unpaired) electrons. The molecule has 0 heterocycles. The Morgan fingerprint density at radius 3 is 2.00 bits per heavy atom. The Morgan fingerprint density at radius 1 is 0.789 bits per heavy atom. The summed E-state index contributed by atoms with van der Waals surface area (Å²) in [7, 11) is 0. The second kappa shape index (κ2) is 14.7. The van der Waals surface area contributed by atoms with Crippen molar-refractivity contribution < 1.29 is 19.5 Å². The number of nitrogens with one attached hydrogen (secondary N) is 2. The van der Waals surface area contributed by atoms with Crippen LogP contribution >= 0.6 is 0 Å². The van der Waals surface area contributed by atoms with E-state index >= 15 is 0 Å². The number of unbranched alkanes of at least 4 members (excludes halogenated alkanes) is 1. The zero-order valence-electron chi connectivity index (χ0n) is 21.4. The number of amides is 2. The average molecular weight is 517 g/mol. The topological polar surface area (TPSA) is 148 Å². The van der Waals surface area contributed by atoms with Crippen molar-refractivity contribution >= 4 is 17.8 Å². The predicted molar refractivity (Wildman–Crippen MR) is 148 cm³/mol. The highest BCUT2D eigenvalue weighted by molar-refractivity contribution is 5.86. The molecular formula is C30H36N4O4. The average Bonchev–Trinajstić information content (AvgIpc) is 2.93. The lowest BCUT2D eigenvalue weighted by Gasteiger charge is -2.23. The van der Waals surface area contributed by atoms with Gasteiger partial charge in [0.05, 0.1) is 18.5 Å². The number of carbonyl (C=O) groups excluding carboxylic acids is 2. The van der Waals surface area contributed by atoms with E-state index in [0.717, 1.165) is 35.1 Å². The molecule has 0 saturated heterocycles. The lowest BCUT2D eigenvalue weighted by molar-refractivity contribution is -0.142. The van der Waals surface area contributed by atoms with Crippen LogP contribution in [0, 0.1) is 0 Å². The molecule has 200 valence electrons. The molecule has 0 aliphatic heterocycles. The van der Waals surface area contributed by atoms with Gasteiger partial charge >= 0.3 is 5.97 Å². The Labute approximate surface area is 223 Å². The molecule has 0 saturated carbocycles. The number of aliphatic carboxylic acids is 1. The molecule has 3 aromatic carbocycles. The predicted octanol–water partition coefficient (Wildman–Crippen LogP) is 3.17. The van der Waals surface area contributed by atoms with Gasteiger partial charge in [0.25, 0.3) is 0 Å². The van der Waals surface area contributed by atoms with Gasteiger partial charge in [0.15, 0.2) is 0 Å². The summed E-state index contributed by atoms with van der Waals surface area (Å²) in [5.74, 6) is -1.98. The van der Waals surface area contributed by atoms with Crippen LogP contribution in [0.25, 0.3) is 11.1 Å². The zero-order chi connectivity index (χ0) is 27.3. The van der Waals surface area contributed by atoms with Crippen molar-refractivity contribution in [1.29, 1.82) is 0 Å². The summed E-state index contributed by atoms with van der Waals surface area (Å²) in [5.41, 5.74) is 15.2. The molecule has 0 unspecified atom stereocenters. The quantitative estimate of drug-likeness (QED) is 0.208. The maximum absolute atomic E-state index is 13.0. The molecule has 8 heteroatoms. The SMILES string of the molecule is NCCCC[C@H](N)C(=O)N[C@@H](CC(=O)N[C@@H](Cc1ccccc1)C(=O)O)c1ccc(-c2ccccc2)cc1. The van der Waals surface area contributed by atoms with E-state index in [1.165, 1.54) is 0 Å². The standard InChI is InChI=1S/C30H36N4O4/c31-18-8-7-13-25(32)29(36)34-26(24-16-14-23(15-17-24)22-11-5-2-6-12-22)20-28(35)33-27(30(37)38)19-21-9-3-1-4-10-21/h1-6,9-12,14-17,25-27H,7-8,13,18-20,31-32H2,(H,33,35)(H,34,36)(H,37,38)/t25-,26-,27-/m0/s1. The molecule has 0 aromatic heterocycles. The third-order valence-corrected chi connectivity index (χ3v) is 6.35. The Hall–Kier alpha value is -4.01. The number of carboxylic acid groups (broad SMARTS) is 1. The number of carboxylic acids is 1. The largest absolute Gasteiger partial charge is 0.480 e. The molecule has 7 N–H and O–H groups in total. The lowest BCUT2D eigenvalue weighted by Crippen LogP contribution is -2.46. The van der Waals surface area contributed by atoms with Gasteiger partial charge in [0.1, 0.15) is 6.04 Å². The second-order valence-corrected chi connectivity index (χ2v) is 9.29. The van der Waals surface area contributed by atoms with Crippen LogP contribution in [0.1, 0.15) is 42.9 Å². The first-order valence-electron chi connectivity index (χ1n) is 12.8. The zero-order valence-corrected chi connectivity index (χ0v) is 21.4. The van der Waals surface area contributed by atoms with Crippen molar-refractivity contribution in [3.05, 3.63) is 96.1 Å².